The fourth-order valence-electron chi connectivity index (χ4n) is 1.80. The van der Waals surface area contributed by atoms with E-state index in [-0.39, 0.29) is 18.1 Å². The standard InChI is InChI=1S/C12H17NO5S/c1-9-5-11(17-4)6-10(2)12(9)19(15,16)13(3)7-18-8-14/h5-6,8H,7H2,1-4H3. The molecule has 19 heavy (non-hydrogen) atoms. The fraction of sp³-hybridized carbons (Fsp3) is 0.417. The third-order valence-electron chi connectivity index (χ3n) is 2.66. The molecule has 6 nitrogen and oxygen atoms in total. The second kappa shape index (κ2) is 6.03. The van der Waals surface area contributed by atoms with Gasteiger partial charge in [-0.3, -0.25) is 4.79 Å². The molecule has 1 rings (SSSR count). The normalized spacial score (nSPS) is 11.4. The van der Waals surface area contributed by atoms with E-state index in [2.05, 4.69) is 4.74 Å². The highest BCUT2D eigenvalue weighted by Crippen LogP contribution is 2.27. The van der Waals surface area contributed by atoms with E-state index < -0.39 is 10.0 Å². The van der Waals surface area contributed by atoms with Crippen LogP contribution >= 0.6 is 0 Å². The molecule has 0 amide bonds. The summed E-state index contributed by atoms with van der Waals surface area (Å²) in [6, 6.07) is 3.29. The number of benzene rings is 1. The Hall–Kier alpha value is -1.60. The Bertz CT molecular complexity index is 544. The number of hydrogen-bond donors (Lipinski definition) is 0. The maximum atomic E-state index is 12.4. The first-order chi connectivity index (χ1) is 8.84. The van der Waals surface area contributed by atoms with E-state index in [4.69, 9.17) is 4.74 Å². The number of nitrogens with zero attached hydrogens (tertiary/aromatic N) is 1. The highest BCUT2D eigenvalue weighted by molar-refractivity contribution is 7.89. The molecule has 0 radical (unpaired) electrons. The quantitative estimate of drug-likeness (QED) is 0.578. The zero-order valence-corrected chi connectivity index (χ0v) is 12.2. The van der Waals surface area contributed by atoms with Gasteiger partial charge in [0.1, 0.15) is 5.75 Å². The molecule has 0 heterocycles. The Morgan fingerprint density at radius 3 is 2.21 bits per heavy atom. The third kappa shape index (κ3) is 3.24. The van der Waals surface area contributed by atoms with Gasteiger partial charge in [-0.25, -0.2) is 8.42 Å². The van der Waals surface area contributed by atoms with Crippen LogP contribution in [0.4, 0.5) is 0 Å². The maximum absolute atomic E-state index is 12.4. The molecule has 0 saturated heterocycles. The first kappa shape index (κ1) is 15.5. The van der Waals surface area contributed by atoms with Crippen molar-refractivity contribution in [2.24, 2.45) is 0 Å². The van der Waals surface area contributed by atoms with Crippen LogP contribution in [0.5, 0.6) is 5.75 Å². The summed E-state index contributed by atoms with van der Waals surface area (Å²) in [7, 11) is -0.834. The summed E-state index contributed by atoms with van der Waals surface area (Å²) in [5, 5.41) is 0. The van der Waals surface area contributed by atoms with E-state index in [1.807, 2.05) is 0 Å². The predicted octanol–water partition coefficient (Wildman–Crippen LogP) is 1.06. The van der Waals surface area contributed by atoms with Crippen LogP contribution in [0.25, 0.3) is 0 Å². The fourth-order valence-corrected chi connectivity index (χ4v) is 3.24. The monoisotopic (exact) mass is 287 g/mol. The Morgan fingerprint density at radius 2 is 1.79 bits per heavy atom. The van der Waals surface area contributed by atoms with Gasteiger partial charge in [0, 0.05) is 7.05 Å². The molecule has 1 aromatic rings. The van der Waals surface area contributed by atoms with Gasteiger partial charge in [0.25, 0.3) is 6.47 Å². The molecule has 0 bridgehead atoms. The van der Waals surface area contributed by atoms with Crippen LogP contribution in [-0.2, 0) is 19.6 Å². The van der Waals surface area contributed by atoms with Gasteiger partial charge in [-0.15, -0.1) is 0 Å². The van der Waals surface area contributed by atoms with E-state index in [1.54, 1.807) is 26.0 Å². The number of aryl methyl sites for hydroxylation is 2. The number of rotatable bonds is 6. The lowest BCUT2D eigenvalue weighted by Gasteiger charge is -2.19. The number of hydrogen-bond acceptors (Lipinski definition) is 5. The summed E-state index contributed by atoms with van der Waals surface area (Å²) >= 11 is 0. The topological polar surface area (TPSA) is 72.9 Å². The number of carbonyl (C=O) groups is 1. The van der Waals surface area contributed by atoms with Crippen molar-refractivity contribution in [3.63, 3.8) is 0 Å². The molecule has 106 valence electrons. The van der Waals surface area contributed by atoms with Crippen LogP contribution in [0.15, 0.2) is 17.0 Å². The first-order valence-electron chi connectivity index (χ1n) is 5.51. The summed E-state index contributed by atoms with van der Waals surface area (Å²) < 4.78 is 35.3. The molecule has 0 aliphatic carbocycles. The van der Waals surface area contributed by atoms with Gasteiger partial charge in [0.15, 0.2) is 6.73 Å². The van der Waals surface area contributed by atoms with E-state index in [1.165, 1.54) is 14.2 Å². The van der Waals surface area contributed by atoms with Crippen LogP contribution in [0.1, 0.15) is 11.1 Å². The van der Waals surface area contributed by atoms with Crippen LogP contribution in [0.3, 0.4) is 0 Å². The van der Waals surface area contributed by atoms with Gasteiger partial charge in [0.2, 0.25) is 10.0 Å². The average molecular weight is 287 g/mol. The van der Waals surface area contributed by atoms with Crippen molar-refractivity contribution in [2.45, 2.75) is 18.7 Å². The average Bonchev–Trinajstić information content (AvgIpc) is 2.34. The summed E-state index contributed by atoms with van der Waals surface area (Å²) in [4.78, 5) is 10.3. The van der Waals surface area contributed by atoms with E-state index in [0.717, 1.165) is 4.31 Å². The Balaban J connectivity index is 3.25. The highest BCUT2D eigenvalue weighted by Gasteiger charge is 2.25. The molecule has 0 spiro atoms. The largest absolute Gasteiger partial charge is 0.497 e. The van der Waals surface area contributed by atoms with Crippen molar-refractivity contribution in [1.82, 2.24) is 4.31 Å². The van der Waals surface area contributed by atoms with E-state index >= 15 is 0 Å². The summed E-state index contributed by atoms with van der Waals surface area (Å²) in [6.45, 7) is 3.27. The van der Waals surface area contributed by atoms with Gasteiger partial charge in [-0.1, -0.05) is 0 Å². The molecular weight excluding hydrogens is 270 g/mol. The van der Waals surface area contributed by atoms with Crippen molar-refractivity contribution < 1.29 is 22.7 Å². The Kier molecular flexibility index (Phi) is 4.90. The Labute approximate surface area is 113 Å². The molecule has 0 aliphatic rings. The lowest BCUT2D eigenvalue weighted by molar-refractivity contribution is -0.130. The smallest absolute Gasteiger partial charge is 0.294 e. The van der Waals surface area contributed by atoms with Crippen molar-refractivity contribution in [3.05, 3.63) is 23.3 Å². The molecule has 0 aliphatic heterocycles. The number of methoxy groups -OCH3 is 1. The molecule has 0 N–H and O–H groups in total. The minimum absolute atomic E-state index is 0.199. The molecule has 0 aromatic heterocycles. The lowest BCUT2D eigenvalue weighted by Crippen LogP contribution is -2.30. The van der Waals surface area contributed by atoms with Crippen molar-refractivity contribution in [2.75, 3.05) is 20.9 Å². The molecule has 0 saturated carbocycles. The summed E-state index contributed by atoms with van der Waals surface area (Å²) in [6.07, 6.45) is 0. The van der Waals surface area contributed by atoms with Crippen LogP contribution in [0.2, 0.25) is 0 Å². The molecular formula is C12H17NO5S. The predicted molar refractivity (Wildman–Crippen MR) is 69.4 cm³/mol. The second-order valence-corrected chi connectivity index (χ2v) is 6.07. The molecule has 0 fully saturated rings. The van der Waals surface area contributed by atoms with Gasteiger partial charge in [-0.05, 0) is 37.1 Å². The zero-order valence-electron chi connectivity index (χ0n) is 11.3. The van der Waals surface area contributed by atoms with Crippen molar-refractivity contribution >= 4 is 16.5 Å². The molecule has 1 aromatic carbocycles. The molecule has 7 heteroatoms. The van der Waals surface area contributed by atoms with E-state index in [9.17, 15) is 13.2 Å². The first-order valence-corrected chi connectivity index (χ1v) is 6.95. The van der Waals surface area contributed by atoms with Crippen LogP contribution in [-0.4, -0.2) is 40.1 Å². The number of ether oxygens (including phenoxy) is 2. The number of sulfonamides is 1. The van der Waals surface area contributed by atoms with E-state index in [0.29, 0.717) is 16.9 Å². The summed E-state index contributed by atoms with van der Waals surface area (Å²) in [5.41, 5.74) is 1.16. The van der Waals surface area contributed by atoms with Gasteiger partial charge in [-0.2, -0.15) is 4.31 Å². The zero-order chi connectivity index (χ0) is 14.6. The summed E-state index contributed by atoms with van der Waals surface area (Å²) in [5.74, 6) is 0.598. The van der Waals surface area contributed by atoms with Gasteiger partial charge < -0.3 is 9.47 Å². The van der Waals surface area contributed by atoms with Crippen molar-refractivity contribution in [3.8, 4) is 5.75 Å². The van der Waals surface area contributed by atoms with Gasteiger partial charge in [0.05, 0.1) is 12.0 Å². The molecule has 0 unspecified atom stereocenters. The number of carbonyl (C=O) groups excluding carboxylic acids is 1. The minimum Gasteiger partial charge on any atom is -0.497 e. The lowest BCUT2D eigenvalue weighted by atomic mass is 10.1. The van der Waals surface area contributed by atoms with Crippen LogP contribution < -0.4 is 4.74 Å². The highest BCUT2D eigenvalue weighted by atomic mass is 32.2. The molecule has 0 atom stereocenters. The van der Waals surface area contributed by atoms with Gasteiger partial charge >= 0.3 is 0 Å². The van der Waals surface area contributed by atoms with Crippen LogP contribution in [0, 0.1) is 13.8 Å². The van der Waals surface area contributed by atoms with Crippen molar-refractivity contribution in [1.29, 1.82) is 0 Å². The maximum Gasteiger partial charge on any atom is 0.294 e. The third-order valence-corrected chi connectivity index (χ3v) is 4.75. The SMILES string of the molecule is COc1cc(C)c(S(=O)(=O)N(C)COC=O)c(C)c1. The minimum atomic E-state index is -3.70. The Morgan fingerprint density at radius 1 is 1.26 bits per heavy atom. The second-order valence-electron chi connectivity index (χ2n) is 4.09.